The third-order valence-corrected chi connectivity index (χ3v) is 4.12. The molecule has 1 heterocycles. The van der Waals surface area contributed by atoms with Gasteiger partial charge in [0.25, 0.3) is 0 Å². The Morgan fingerprint density at radius 2 is 2.16 bits per heavy atom. The standard InChI is InChI=1S/C16H25NO2/c1-12-5-6-15(19-4)14(9-12)17-11-13(7-8-18)10-16(17,2)3/h5-6,9,13,18H,7-8,10-11H2,1-4H3. The van der Waals surface area contributed by atoms with Crippen LogP contribution in [0.15, 0.2) is 18.2 Å². The number of rotatable bonds is 4. The molecule has 1 fully saturated rings. The zero-order valence-corrected chi connectivity index (χ0v) is 12.4. The summed E-state index contributed by atoms with van der Waals surface area (Å²) in [5.74, 6) is 1.49. The second-order valence-corrected chi connectivity index (χ2v) is 6.18. The number of aryl methyl sites for hydroxylation is 1. The molecule has 0 spiro atoms. The van der Waals surface area contributed by atoms with Crippen LogP contribution in [-0.2, 0) is 0 Å². The minimum Gasteiger partial charge on any atom is -0.495 e. The summed E-state index contributed by atoms with van der Waals surface area (Å²) in [6.45, 7) is 7.92. The topological polar surface area (TPSA) is 32.7 Å². The van der Waals surface area contributed by atoms with Crippen molar-refractivity contribution in [3.63, 3.8) is 0 Å². The molecule has 1 aromatic rings. The Morgan fingerprint density at radius 3 is 2.79 bits per heavy atom. The summed E-state index contributed by atoms with van der Waals surface area (Å²) in [7, 11) is 1.72. The molecule has 1 saturated heterocycles. The van der Waals surface area contributed by atoms with Crippen LogP contribution >= 0.6 is 0 Å². The van der Waals surface area contributed by atoms with Crippen molar-refractivity contribution in [2.75, 3.05) is 25.2 Å². The summed E-state index contributed by atoms with van der Waals surface area (Å²) in [4.78, 5) is 2.43. The molecule has 1 atom stereocenters. The van der Waals surface area contributed by atoms with Crippen LogP contribution in [-0.4, -0.2) is 30.9 Å². The molecule has 0 aliphatic carbocycles. The van der Waals surface area contributed by atoms with Crippen LogP contribution in [0.5, 0.6) is 5.75 Å². The van der Waals surface area contributed by atoms with E-state index in [1.54, 1.807) is 7.11 Å². The fraction of sp³-hybridized carbons (Fsp3) is 0.625. The van der Waals surface area contributed by atoms with E-state index in [-0.39, 0.29) is 12.1 Å². The lowest BCUT2D eigenvalue weighted by atomic mass is 9.94. The maximum atomic E-state index is 9.16. The van der Waals surface area contributed by atoms with Gasteiger partial charge >= 0.3 is 0 Å². The Hall–Kier alpha value is -1.22. The summed E-state index contributed by atoms with van der Waals surface area (Å²) in [6, 6.07) is 6.32. The van der Waals surface area contributed by atoms with Gasteiger partial charge in [0.1, 0.15) is 5.75 Å². The molecular weight excluding hydrogens is 238 g/mol. The van der Waals surface area contributed by atoms with E-state index in [0.29, 0.717) is 5.92 Å². The largest absolute Gasteiger partial charge is 0.495 e. The number of methoxy groups -OCH3 is 1. The number of ether oxygens (including phenoxy) is 1. The van der Waals surface area contributed by atoms with Gasteiger partial charge in [-0.2, -0.15) is 0 Å². The number of aliphatic hydroxyl groups excluding tert-OH is 1. The Balaban J connectivity index is 2.32. The average Bonchev–Trinajstić information content (AvgIpc) is 2.64. The average molecular weight is 263 g/mol. The lowest BCUT2D eigenvalue weighted by Gasteiger charge is -2.34. The fourth-order valence-electron chi connectivity index (χ4n) is 3.20. The minimum atomic E-state index is 0.112. The summed E-state index contributed by atoms with van der Waals surface area (Å²) in [5.41, 5.74) is 2.53. The van der Waals surface area contributed by atoms with Gasteiger partial charge in [0.15, 0.2) is 0 Å². The maximum Gasteiger partial charge on any atom is 0.142 e. The predicted molar refractivity (Wildman–Crippen MR) is 79.0 cm³/mol. The predicted octanol–water partition coefficient (Wildman–Crippen LogP) is 2.99. The zero-order chi connectivity index (χ0) is 14.0. The van der Waals surface area contributed by atoms with E-state index in [0.717, 1.165) is 25.1 Å². The van der Waals surface area contributed by atoms with E-state index in [1.165, 1.54) is 11.3 Å². The van der Waals surface area contributed by atoms with Gasteiger partial charge in [-0.3, -0.25) is 0 Å². The molecule has 1 unspecified atom stereocenters. The van der Waals surface area contributed by atoms with Gasteiger partial charge in [-0.15, -0.1) is 0 Å². The SMILES string of the molecule is COc1ccc(C)cc1N1CC(CCO)CC1(C)C. The van der Waals surface area contributed by atoms with E-state index in [4.69, 9.17) is 9.84 Å². The van der Waals surface area contributed by atoms with Gasteiger partial charge in [0.05, 0.1) is 12.8 Å². The van der Waals surface area contributed by atoms with Crippen LogP contribution in [0.4, 0.5) is 5.69 Å². The van der Waals surface area contributed by atoms with E-state index >= 15 is 0 Å². The molecule has 1 aliphatic heterocycles. The van der Waals surface area contributed by atoms with Gasteiger partial charge in [-0.25, -0.2) is 0 Å². The van der Waals surface area contributed by atoms with Gasteiger partial charge < -0.3 is 14.7 Å². The molecule has 0 aromatic heterocycles. The van der Waals surface area contributed by atoms with Gasteiger partial charge in [0, 0.05) is 18.7 Å². The van der Waals surface area contributed by atoms with Gasteiger partial charge in [0.2, 0.25) is 0 Å². The second-order valence-electron chi connectivity index (χ2n) is 6.18. The molecule has 3 nitrogen and oxygen atoms in total. The second kappa shape index (κ2) is 5.41. The molecule has 106 valence electrons. The van der Waals surface area contributed by atoms with Crippen molar-refractivity contribution in [2.45, 2.75) is 39.2 Å². The first-order valence-corrected chi connectivity index (χ1v) is 7.01. The van der Waals surface area contributed by atoms with Crippen molar-refractivity contribution in [1.29, 1.82) is 0 Å². The number of nitrogens with zero attached hydrogens (tertiary/aromatic N) is 1. The Labute approximate surface area is 116 Å². The molecule has 0 saturated carbocycles. The highest BCUT2D eigenvalue weighted by Crippen LogP contribution is 2.42. The van der Waals surface area contributed by atoms with Crippen molar-refractivity contribution in [1.82, 2.24) is 0 Å². The smallest absolute Gasteiger partial charge is 0.142 e. The maximum absolute atomic E-state index is 9.16. The van der Waals surface area contributed by atoms with Crippen LogP contribution in [0.1, 0.15) is 32.3 Å². The van der Waals surface area contributed by atoms with Crippen LogP contribution in [0, 0.1) is 12.8 Å². The van der Waals surface area contributed by atoms with Gasteiger partial charge in [-0.05, 0) is 57.2 Å². The number of hydrogen-bond acceptors (Lipinski definition) is 3. The summed E-state index contributed by atoms with van der Waals surface area (Å²) in [6.07, 6.45) is 2.00. The lowest BCUT2D eigenvalue weighted by molar-refractivity contribution is 0.259. The first kappa shape index (κ1) is 14.2. The number of anilines is 1. The molecule has 1 N–H and O–H groups in total. The quantitative estimate of drug-likeness (QED) is 0.906. The Morgan fingerprint density at radius 1 is 1.42 bits per heavy atom. The lowest BCUT2D eigenvalue weighted by Crippen LogP contribution is -2.38. The number of hydrogen-bond donors (Lipinski definition) is 1. The van der Waals surface area contributed by atoms with Crippen LogP contribution in [0.3, 0.4) is 0 Å². The third-order valence-electron chi connectivity index (χ3n) is 4.12. The number of aliphatic hydroxyl groups is 1. The number of benzene rings is 1. The van der Waals surface area contributed by atoms with Crippen molar-refractivity contribution in [2.24, 2.45) is 5.92 Å². The minimum absolute atomic E-state index is 0.112. The van der Waals surface area contributed by atoms with Crippen molar-refractivity contribution in [3.05, 3.63) is 23.8 Å². The first-order valence-electron chi connectivity index (χ1n) is 7.01. The summed E-state index contributed by atoms with van der Waals surface area (Å²) in [5, 5.41) is 9.16. The highest BCUT2D eigenvalue weighted by Gasteiger charge is 2.39. The van der Waals surface area contributed by atoms with Gasteiger partial charge in [-0.1, -0.05) is 6.07 Å². The van der Waals surface area contributed by atoms with Crippen LogP contribution in [0.25, 0.3) is 0 Å². The first-order chi connectivity index (χ1) is 8.97. The van der Waals surface area contributed by atoms with Crippen molar-refractivity contribution < 1.29 is 9.84 Å². The molecule has 3 heteroatoms. The third kappa shape index (κ3) is 2.86. The van der Waals surface area contributed by atoms with E-state index < -0.39 is 0 Å². The normalized spacial score (nSPS) is 21.7. The molecule has 1 aromatic carbocycles. The molecular formula is C16H25NO2. The zero-order valence-electron chi connectivity index (χ0n) is 12.4. The molecule has 1 aliphatic rings. The van der Waals surface area contributed by atoms with Crippen molar-refractivity contribution >= 4 is 5.69 Å². The van der Waals surface area contributed by atoms with Crippen LogP contribution in [0.2, 0.25) is 0 Å². The molecule has 0 bridgehead atoms. The van der Waals surface area contributed by atoms with E-state index in [1.807, 2.05) is 6.07 Å². The summed E-state index contributed by atoms with van der Waals surface area (Å²) < 4.78 is 5.51. The highest BCUT2D eigenvalue weighted by atomic mass is 16.5. The Kier molecular flexibility index (Phi) is 4.04. The molecule has 19 heavy (non-hydrogen) atoms. The monoisotopic (exact) mass is 263 g/mol. The van der Waals surface area contributed by atoms with Crippen LogP contribution < -0.4 is 9.64 Å². The van der Waals surface area contributed by atoms with E-state index in [9.17, 15) is 0 Å². The molecule has 2 rings (SSSR count). The summed E-state index contributed by atoms with van der Waals surface area (Å²) >= 11 is 0. The fourth-order valence-corrected chi connectivity index (χ4v) is 3.20. The molecule has 0 radical (unpaired) electrons. The van der Waals surface area contributed by atoms with E-state index in [2.05, 4.69) is 37.8 Å². The van der Waals surface area contributed by atoms with Crippen molar-refractivity contribution in [3.8, 4) is 5.75 Å². The highest BCUT2D eigenvalue weighted by molar-refractivity contribution is 5.62. The Bertz CT molecular complexity index is 442. The molecule has 0 amide bonds.